The Morgan fingerprint density at radius 1 is 1.15 bits per heavy atom. The minimum absolute atomic E-state index is 0.0782. The molecule has 0 spiro atoms. The fourth-order valence-corrected chi connectivity index (χ4v) is 5.49. The Bertz CT molecular complexity index is 1180. The predicted octanol–water partition coefficient (Wildman–Crippen LogP) is 3.61. The van der Waals surface area contributed by atoms with E-state index in [1.54, 1.807) is 24.5 Å². The van der Waals surface area contributed by atoms with Crippen molar-refractivity contribution in [3.05, 3.63) is 51.3 Å². The molecular formula is C24H27N5O3S. The lowest BCUT2D eigenvalue weighted by Gasteiger charge is -2.36. The van der Waals surface area contributed by atoms with Crippen LogP contribution in [0.4, 0.5) is 11.6 Å². The molecular weight excluding hydrogens is 438 g/mol. The maximum absolute atomic E-state index is 11.6. The topological polar surface area (TPSA) is 90.8 Å². The third-order valence-corrected chi connectivity index (χ3v) is 7.18. The number of fused-ring (bicyclic) bond motifs is 3. The number of nitrogens with one attached hydrogen (secondary N) is 1. The third-order valence-electron chi connectivity index (χ3n) is 6.03. The molecule has 1 aromatic carbocycles. The van der Waals surface area contributed by atoms with E-state index in [2.05, 4.69) is 42.3 Å². The summed E-state index contributed by atoms with van der Waals surface area (Å²) in [5.41, 5.74) is 4.98. The molecule has 2 aliphatic rings. The number of hydrogen-bond donors (Lipinski definition) is 2. The fourth-order valence-electron chi connectivity index (χ4n) is 4.39. The summed E-state index contributed by atoms with van der Waals surface area (Å²) in [7, 11) is 0. The summed E-state index contributed by atoms with van der Waals surface area (Å²) in [6.45, 7) is 8.68. The molecule has 1 saturated heterocycles. The van der Waals surface area contributed by atoms with E-state index in [1.807, 2.05) is 15.9 Å². The van der Waals surface area contributed by atoms with E-state index in [0.717, 1.165) is 26.7 Å². The largest absolute Gasteiger partial charge is 0.484 e. The molecule has 0 bridgehead atoms. The number of benzene rings is 1. The number of aliphatic hydroxyl groups excluding tert-OH is 1. The van der Waals surface area contributed by atoms with Gasteiger partial charge in [0.15, 0.2) is 5.75 Å². The first-order chi connectivity index (χ1) is 15.9. The van der Waals surface area contributed by atoms with Crippen molar-refractivity contribution >= 4 is 28.9 Å². The Morgan fingerprint density at radius 2 is 1.88 bits per heavy atom. The first kappa shape index (κ1) is 21.8. The summed E-state index contributed by atoms with van der Waals surface area (Å²) in [4.78, 5) is 26.5. The average molecular weight is 466 g/mol. The summed E-state index contributed by atoms with van der Waals surface area (Å²) in [6.07, 6.45) is 0.984. The summed E-state index contributed by atoms with van der Waals surface area (Å²) < 4.78 is 5.89. The molecule has 2 aliphatic heterocycles. The van der Waals surface area contributed by atoms with Crippen LogP contribution in [0.2, 0.25) is 0 Å². The Balaban J connectivity index is 1.38. The van der Waals surface area contributed by atoms with Gasteiger partial charge in [-0.2, -0.15) is 0 Å². The quantitative estimate of drug-likeness (QED) is 0.608. The molecule has 4 heterocycles. The zero-order valence-electron chi connectivity index (χ0n) is 19.0. The lowest BCUT2D eigenvalue weighted by atomic mass is 10.1. The molecule has 0 saturated carbocycles. The van der Waals surface area contributed by atoms with Crippen LogP contribution in [0.5, 0.6) is 5.75 Å². The summed E-state index contributed by atoms with van der Waals surface area (Å²) in [6, 6.07) is 8.25. The Hall–Kier alpha value is -3.01. The average Bonchev–Trinajstić information content (AvgIpc) is 3.23. The number of hydrogen-bond acceptors (Lipinski definition) is 8. The van der Waals surface area contributed by atoms with Crippen molar-refractivity contribution in [3.8, 4) is 17.0 Å². The molecule has 1 fully saturated rings. The molecule has 172 valence electrons. The van der Waals surface area contributed by atoms with E-state index < -0.39 is 6.23 Å². The van der Waals surface area contributed by atoms with Crippen LogP contribution in [0.3, 0.4) is 0 Å². The van der Waals surface area contributed by atoms with Crippen molar-refractivity contribution in [2.24, 2.45) is 0 Å². The van der Waals surface area contributed by atoms with E-state index in [-0.39, 0.29) is 5.91 Å². The third kappa shape index (κ3) is 4.44. The van der Waals surface area contributed by atoms with Crippen LogP contribution in [0.25, 0.3) is 11.3 Å². The second-order valence-electron chi connectivity index (χ2n) is 8.60. The van der Waals surface area contributed by atoms with Crippen LogP contribution in [0.1, 0.15) is 34.0 Å². The second-order valence-corrected chi connectivity index (χ2v) is 9.77. The minimum Gasteiger partial charge on any atom is -0.484 e. The van der Waals surface area contributed by atoms with Gasteiger partial charge in [-0.15, -0.1) is 11.3 Å². The van der Waals surface area contributed by atoms with Crippen molar-refractivity contribution in [2.45, 2.75) is 33.6 Å². The molecule has 1 unspecified atom stereocenters. The maximum atomic E-state index is 11.6. The number of carbonyl (C=O) groups is 1. The second kappa shape index (κ2) is 8.74. The zero-order chi connectivity index (χ0) is 23.1. The number of rotatable bonds is 4. The van der Waals surface area contributed by atoms with Gasteiger partial charge in [-0.1, -0.05) is 6.07 Å². The number of ether oxygens (including phenoxy) is 1. The molecule has 9 heteroatoms. The minimum atomic E-state index is -0.715. The molecule has 1 atom stereocenters. The van der Waals surface area contributed by atoms with Gasteiger partial charge in [-0.05, 0) is 43.2 Å². The van der Waals surface area contributed by atoms with E-state index >= 15 is 0 Å². The SMILES string of the molecule is CC(=O)N1CCN(C(O)c2cc3c(s2)COc2cnc(Nc4cc(C)cc(C)c4)nc2-3)CC1. The lowest BCUT2D eigenvalue weighted by Crippen LogP contribution is -2.48. The van der Waals surface area contributed by atoms with Crippen molar-refractivity contribution in [1.29, 1.82) is 0 Å². The Kier molecular flexibility index (Phi) is 5.77. The zero-order valence-corrected chi connectivity index (χ0v) is 19.8. The number of piperazine rings is 1. The highest BCUT2D eigenvalue weighted by molar-refractivity contribution is 7.12. The van der Waals surface area contributed by atoms with Crippen molar-refractivity contribution < 1.29 is 14.6 Å². The molecule has 33 heavy (non-hydrogen) atoms. The van der Waals surface area contributed by atoms with Crippen LogP contribution in [-0.2, 0) is 11.4 Å². The number of aromatic nitrogens is 2. The van der Waals surface area contributed by atoms with Crippen molar-refractivity contribution in [1.82, 2.24) is 19.8 Å². The van der Waals surface area contributed by atoms with Gasteiger partial charge >= 0.3 is 0 Å². The predicted molar refractivity (Wildman–Crippen MR) is 128 cm³/mol. The van der Waals surface area contributed by atoms with E-state index in [1.165, 1.54) is 11.1 Å². The van der Waals surface area contributed by atoms with Gasteiger partial charge in [-0.25, -0.2) is 9.97 Å². The van der Waals surface area contributed by atoms with Gasteiger partial charge < -0.3 is 20.1 Å². The smallest absolute Gasteiger partial charge is 0.227 e. The van der Waals surface area contributed by atoms with Crippen LogP contribution < -0.4 is 10.1 Å². The number of nitrogens with zero attached hydrogens (tertiary/aromatic N) is 4. The van der Waals surface area contributed by atoms with Gasteiger partial charge in [0.2, 0.25) is 11.9 Å². The first-order valence-electron chi connectivity index (χ1n) is 11.0. The van der Waals surface area contributed by atoms with Crippen molar-refractivity contribution in [2.75, 3.05) is 31.5 Å². The fraction of sp³-hybridized carbons (Fsp3) is 0.375. The number of thiophene rings is 1. The number of aliphatic hydroxyl groups is 1. The lowest BCUT2D eigenvalue weighted by molar-refractivity contribution is -0.132. The number of aryl methyl sites for hydroxylation is 2. The van der Waals surface area contributed by atoms with Gasteiger partial charge in [0.1, 0.15) is 18.5 Å². The molecule has 3 aromatic rings. The maximum Gasteiger partial charge on any atom is 0.227 e. The highest BCUT2D eigenvalue weighted by Gasteiger charge is 2.29. The standard InChI is InChI=1S/C24H27N5O3S/c1-14-8-15(2)10-17(9-14)26-24-25-12-19-22(27-24)18-11-20(33-21(18)13-32-19)23(31)29-6-4-28(5-7-29)16(3)30/h8-12,23,31H,4-7,13H2,1-3H3,(H,25,26,27). The number of anilines is 2. The van der Waals surface area contributed by atoms with Gasteiger partial charge in [-0.3, -0.25) is 9.69 Å². The molecule has 2 aromatic heterocycles. The molecule has 0 radical (unpaired) electrons. The molecule has 5 rings (SSSR count). The van der Waals surface area contributed by atoms with E-state index in [4.69, 9.17) is 9.72 Å². The van der Waals surface area contributed by atoms with Gasteiger partial charge in [0.25, 0.3) is 0 Å². The van der Waals surface area contributed by atoms with E-state index in [0.29, 0.717) is 44.5 Å². The normalized spacial score (nSPS) is 16.5. The highest BCUT2D eigenvalue weighted by Crippen LogP contribution is 2.42. The van der Waals surface area contributed by atoms with Gasteiger partial charge in [0.05, 0.1) is 11.1 Å². The number of amides is 1. The first-order valence-corrected chi connectivity index (χ1v) is 11.8. The number of carbonyl (C=O) groups excluding carboxylic acids is 1. The highest BCUT2D eigenvalue weighted by atomic mass is 32.1. The van der Waals surface area contributed by atoms with Crippen LogP contribution in [0, 0.1) is 13.8 Å². The van der Waals surface area contributed by atoms with E-state index in [9.17, 15) is 9.90 Å². The summed E-state index contributed by atoms with van der Waals surface area (Å²) >= 11 is 1.54. The van der Waals surface area contributed by atoms with Crippen LogP contribution >= 0.6 is 11.3 Å². The molecule has 0 aliphatic carbocycles. The van der Waals surface area contributed by atoms with Crippen LogP contribution in [0.15, 0.2) is 30.5 Å². The molecule has 8 nitrogen and oxygen atoms in total. The summed E-state index contributed by atoms with van der Waals surface area (Å²) in [5, 5.41) is 14.3. The van der Waals surface area contributed by atoms with Crippen LogP contribution in [-0.4, -0.2) is 57.0 Å². The summed E-state index contributed by atoms with van der Waals surface area (Å²) in [5.74, 6) is 1.22. The monoisotopic (exact) mass is 465 g/mol. The Labute approximate surface area is 196 Å². The van der Waals surface area contributed by atoms with Gasteiger partial charge in [0, 0.05) is 49.2 Å². The van der Waals surface area contributed by atoms with Crippen molar-refractivity contribution in [3.63, 3.8) is 0 Å². The molecule has 2 N–H and O–H groups in total. The Morgan fingerprint density at radius 3 is 2.58 bits per heavy atom. The molecule has 1 amide bonds.